The van der Waals surface area contributed by atoms with Crippen molar-refractivity contribution in [2.24, 2.45) is 0 Å². The third-order valence-corrected chi connectivity index (χ3v) is 11.7. The van der Waals surface area contributed by atoms with E-state index in [2.05, 4.69) is 23.5 Å². The van der Waals surface area contributed by atoms with Crippen LogP contribution < -0.4 is 0 Å². The SMILES string of the molecule is C1SC1C[Se][Se]CC1CS1. The summed E-state index contributed by atoms with van der Waals surface area (Å²) in [5, 5.41) is 5.42. The molecular weight excluding hydrogens is 294 g/mol. The Hall–Kier alpha value is 1.74. The first-order valence-corrected chi connectivity index (χ1v) is 12.3. The van der Waals surface area contributed by atoms with Gasteiger partial charge < -0.3 is 0 Å². The van der Waals surface area contributed by atoms with Crippen molar-refractivity contribution in [3.8, 4) is 0 Å². The topological polar surface area (TPSA) is 0 Å². The van der Waals surface area contributed by atoms with E-state index >= 15 is 0 Å². The molecule has 2 aliphatic rings. The minimum atomic E-state index is 1.06. The molecular formula is C6H10S2Se2. The number of rotatable bonds is 5. The summed E-state index contributed by atoms with van der Waals surface area (Å²) in [4.78, 5) is 0. The first-order valence-electron chi connectivity index (χ1n) is 3.43. The molecule has 0 N–H and O–H groups in total. The molecule has 0 bridgehead atoms. The van der Waals surface area contributed by atoms with E-state index < -0.39 is 0 Å². The Bertz CT molecular complexity index is 98.3. The maximum atomic E-state index is 2.16. The van der Waals surface area contributed by atoms with Crippen LogP contribution in [0.3, 0.4) is 0 Å². The van der Waals surface area contributed by atoms with Crippen LogP contribution in [0.5, 0.6) is 0 Å². The molecule has 0 radical (unpaired) electrons. The van der Waals surface area contributed by atoms with Crippen molar-refractivity contribution < 1.29 is 0 Å². The van der Waals surface area contributed by atoms with Crippen LogP contribution >= 0.6 is 23.5 Å². The molecule has 2 atom stereocenters. The summed E-state index contributed by atoms with van der Waals surface area (Å²) in [6, 6.07) is 0. The van der Waals surface area contributed by atoms with Crippen LogP contribution in [0.15, 0.2) is 0 Å². The van der Waals surface area contributed by atoms with Gasteiger partial charge in [0.25, 0.3) is 0 Å². The van der Waals surface area contributed by atoms with E-state index in [1.807, 2.05) is 0 Å². The summed E-state index contributed by atoms with van der Waals surface area (Å²) in [7, 11) is 0. The molecule has 2 unspecified atom stereocenters. The molecule has 0 spiro atoms. The van der Waals surface area contributed by atoms with Crippen LogP contribution in [0.2, 0.25) is 10.6 Å². The summed E-state index contributed by atoms with van der Waals surface area (Å²) in [6.07, 6.45) is 0. The summed E-state index contributed by atoms with van der Waals surface area (Å²) in [5.41, 5.74) is 0. The molecule has 10 heavy (non-hydrogen) atoms. The van der Waals surface area contributed by atoms with Crippen LogP contribution in [-0.4, -0.2) is 48.3 Å². The van der Waals surface area contributed by atoms with Crippen molar-refractivity contribution in [3.63, 3.8) is 0 Å². The molecule has 2 saturated heterocycles. The van der Waals surface area contributed by atoms with Crippen LogP contribution in [-0.2, 0) is 0 Å². The maximum absolute atomic E-state index is 2.16. The van der Waals surface area contributed by atoms with E-state index in [0.717, 1.165) is 36.8 Å². The van der Waals surface area contributed by atoms with E-state index in [1.165, 1.54) is 11.5 Å². The van der Waals surface area contributed by atoms with Gasteiger partial charge in [0.1, 0.15) is 0 Å². The van der Waals surface area contributed by atoms with Gasteiger partial charge in [-0.25, -0.2) is 0 Å². The van der Waals surface area contributed by atoms with Crippen molar-refractivity contribution in [2.45, 2.75) is 21.1 Å². The van der Waals surface area contributed by atoms with Crippen LogP contribution in [0.4, 0.5) is 0 Å². The second-order valence-corrected chi connectivity index (χ2v) is 12.7. The molecule has 2 fully saturated rings. The summed E-state index contributed by atoms with van der Waals surface area (Å²) in [6.45, 7) is 0. The Kier molecular flexibility index (Phi) is 3.43. The molecule has 2 heterocycles. The van der Waals surface area contributed by atoms with Gasteiger partial charge in [0.2, 0.25) is 0 Å². The fourth-order valence-corrected chi connectivity index (χ4v) is 13.1. The van der Waals surface area contributed by atoms with Gasteiger partial charge >= 0.3 is 82.4 Å². The number of thioether (sulfide) groups is 2. The van der Waals surface area contributed by atoms with E-state index in [9.17, 15) is 0 Å². The molecule has 0 amide bonds. The van der Waals surface area contributed by atoms with E-state index in [-0.39, 0.29) is 0 Å². The van der Waals surface area contributed by atoms with Gasteiger partial charge in [0, 0.05) is 0 Å². The van der Waals surface area contributed by atoms with Gasteiger partial charge in [-0.05, 0) is 0 Å². The van der Waals surface area contributed by atoms with Gasteiger partial charge in [0.05, 0.1) is 0 Å². The Morgan fingerprint density at radius 2 is 1.40 bits per heavy atom. The summed E-state index contributed by atoms with van der Waals surface area (Å²) >= 11 is 6.45. The van der Waals surface area contributed by atoms with Crippen molar-refractivity contribution in [1.29, 1.82) is 0 Å². The average molecular weight is 304 g/mol. The molecule has 0 aromatic rings. The quantitative estimate of drug-likeness (QED) is 0.427. The van der Waals surface area contributed by atoms with Crippen molar-refractivity contribution in [1.82, 2.24) is 0 Å². The number of hydrogen-bond donors (Lipinski definition) is 0. The third-order valence-electron chi connectivity index (χ3n) is 1.40. The predicted octanol–water partition coefficient (Wildman–Crippen LogP) is 1.38. The molecule has 2 aliphatic heterocycles. The third kappa shape index (κ3) is 3.42. The Balaban J connectivity index is 1.40. The number of hydrogen-bond acceptors (Lipinski definition) is 2. The van der Waals surface area contributed by atoms with E-state index in [1.54, 1.807) is 10.6 Å². The normalized spacial score (nSPS) is 36.0. The molecule has 4 heteroatoms. The predicted molar refractivity (Wildman–Crippen MR) is 53.6 cm³/mol. The molecule has 2 rings (SSSR count). The van der Waals surface area contributed by atoms with Gasteiger partial charge in [0.15, 0.2) is 0 Å². The summed E-state index contributed by atoms with van der Waals surface area (Å²) in [5.74, 6) is 2.96. The van der Waals surface area contributed by atoms with Crippen LogP contribution in [0, 0.1) is 0 Å². The zero-order valence-electron chi connectivity index (χ0n) is 5.62. The summed E-state index contributed by atoms with van der Waals surface area (Å²) < 4.78 is 0. The van der Waals surface area contributed by atoms with Crippen molar-refractivity contribution in [3.05, 3.63) is 0 Å². The zero-order valence-corrected chi connectivity index (χ0v) is 10.7. The molecule has 0 aromatic carbocycles. The Morgan fingerprint density at radius 3 is 1.70 bits per heavy atom. The minimum absolute atomic E-state index is 1.06. The molecule has 0 saturated carbocycles. The first-order chi connectivity index (χ1) is 4.95. The first kappa shape index (κ1) is 8.34. The zero-order chi connectivity index (χ0) is 6.81. The van der Waals surface area contributed by atoms with E-state index in [4.69, 9.17) is 0 Å². The van der Waals surface area contributed by atoms with Crippen molar-refractivity contribution >= 4 is 49.8 Å². The fraction of sp³-hybridized carbons (Fsp3) is 1.00. The monoisotopic (exact) mass is 306 g/mol. The van der Waals surface area contributed by atoms with Crippen LogP contribution in [0.25, 0.3) is 0 Å². The fourth-order valence-electron chi connectivity index (χ4n) is 0.577. The molecule has 0 nitrogen and oxygen atoms in total. The van der Waals surface area contributed by atoms with Gasteiger partial charge in [-0.3, -0.25) is 0 Å². The Morgan fingerprint density at radius 1 is 1.00 bits per heavy atom. The molecule has 58 valence electrons. The standard InChI is InChI=1S/C6H10S2Se2/c1-5(7-1)3-9-10-4-6-2-8-6/h5-6H,1-4H2. The molecule has 0 aromatic heterocycles. The van der Waals surface area contributed by atoms with Gasteiger partial charge in [-0.15, -0.1) is 0 Å². The second-order valence-electron chi connectivity index (χ2n) is 2.48. The van der Waals surface area contributed by atoms with Gasteiger partial charge in [-0.2, -0.15) is 0 Å². The second kappa shape index (κ2) is 4.11. The Labute approximate surface area is 81.9 Å². The van der Waals surface area contributed by atoms with Crippen LogP contribution in [0.1, 0.15) is 0 Å². The molecule has 0 aliphatic carbocycles. The van der Waals surface area contributed by atoms with Crippen molar-refractivity contribution in [2.75, 3.05) is 11.5 Å². The van der Waals surface area contributed by atoms with Gasteiger partial charge in [-0.1, -0.05) is 0 Å². The van der Waals surface area contributed by atoms with E-state index in [0.29, 0.717) is 0 Å². The average Bonchev–Trinajstić information content (AvgIpc) is 2.77.